The van der Waals surface area contributed by atoms with E-state index < -0.39 is 0 Å². The molecule has 1 N–H and O–H groups in total. The Bertz CT molecular complexity index is 430. The lowest BCUT2D eigenvalue weighted by Gasteiger charge is -2.08. The molecule has 0 spiro atoms. The number of likely N-dealkylation sites (N-methyl/N-ethyl adjacent to an activating group) is 1. The van der Waals surface area contributed by atoms with Crippen LogP contribution in [0.2, 0.25) is 0 Å². The van der Waals surface area contributed by atoms with Crippen LogP contribution in [0.1, 0.15) is 11.1 Å². The fourth-order valence-electron chi connectivity index (χ4n) is 1.27. The SMILES string of the molecule is CNC(=O)/C(=N/OC)c1cc(Br)ccc1C. The Morgan fingerprint density at radius 1 is 1.50 bits per heavy atom. The summed E-state index contributed by atoms with van der Waals surface area (Å²) in [7, 11) is 2.97. The fourth-order valence-corrected chi connectivity index (χ4v) is 1.63. The van der Waals surface area contributed by atoms with Gasteiger partial charge in [-0.05, 0) is 24.6 Å². The first-order valence-electron chi connectivity index (χ1n) is 4.70. The highest BCUT2D eigenvalue weighted by atomic mass is 79.9. The number of amides is 1. The number of nitrogens with one attached hydrogen (secondary N) is 1. The molecule has 0 atom stereocenters. The molecular weight excluding hydrogens is 272 g/mol. The van der Waals surface area contributed by atoms with Crippen LogP contribution in [0.15, 0.2) is 27.8 Å². The van der Waals surface area contributed by atoms with Crippen LogP contribution in [0, 0.1) is 6.92 Å². The monoisotopic (exact) mass is 284 g/mol. The van der Waals surface area contributed by atoms with Crippen molar-refractivity contribution < 1.29 is 9.63 Å². The van der Waals surface area contributed by atoms with Crippen molar-refractivity contribution in [1.82, 2.24) is 5.32 Å². The summed E-state index contributed by atoms with van der Waals surface area (Å²) < 4.78 is 0.890. The van der Waals surface area contributed by atoms with Gasteiger partial charge in [0.1, 0.15) is 7.11 Å². The molecule has 0 saturated carbocycles. The summed E-state index contributed by atoms with van der Waals surface area (Å²) >= 11 is 3.36. The summed E-state index contributed by atoms with van der Waals surface area (Å²) in [5, 5.41) is 6.28. The number of carbonyl (C=O) groups excluding carboxylic acids is 1. The smallest absolute Gasteiger partial charge is 0.273 e. The molecule has 0 aromatic heterocycles. The number of hydrogen-bond donors (Lipinski definition) is 1. The molecule has 0 aliphatic heterocycles. The summed E-state index contributed by atoms with van der Waals surface area (Å²) in [5.74, 6) is -0.275. The van der Waals surface area contributed by atoms with Gasteiger partial charge in [0.25, 0.3) is 5.91 Å². The zero-order valence-electron chi connectivity index (χ0n) is 9.37. The average molecular weight is 285 g/mol. The number of carbonyl (C=O) groups is 1. The Labute approximate surface area is 103 Å². The predicted octanol–water partition coefficient (Wildman–Crippen LogP) is 1.85. The summed E-state index contributed by atoms with van der Waals surface area (Å²) in [6, 6.07) is 5.66. The van der Waals surface area contributed by atoms with Gasteiger partial charge in [0.2, 0.25) is 0 Å². The molecule has 1 rings (SSSR count). The minimum absolute atomic E-state index is 0.267. The first kappa shape index (κ1) is 12.7. The highest BCUT2D eigenvalue weighted by molar-refractivity contribution is 9.10. The molecule has 16 heavy (non-hydrogen) atoms. The third-order valence-electron chi connectivity index (χ3n) is 2.08. The van der Waals surface area contributed by atoms with E-state index in [9.17, 15) is 4.79 Å². The van der Waals surface area contributed by atoms with Crippen LogP contribution in [-0.2, 0) is 9.63 Å². The van der Waals surface area contributed by atoms with Gasteiger partial charge in [-0.2, -0.15) is 0 Å². The Morgan fingerprint density at radius 2 is 2.19 bits per heavy atom. The van der Waals surface area contributed by atoms with E-state index >= 15 is 0 Å². The molecule has 1 aromatic rings. The summed E-state index contributed by atoms with van der Waals surface area (Å²) in [6.45, 7) is 1.91. The molecule has 0 saturated heterocycles. The second-order valence-corrected chi connectivity index (χ2v) is 4.08. The molecule has 0 bridgehead atoms. The van der Waals surface area contributed by atoms with Crippen molar-refractivity contribution >= 4 is 27.5 Å². The van der Waals surface area contributed by atoms with Crippen LogP contribution in [0.4, 0.5) is 0 Å². The fraction of sp³-hybridized carbons (Fsp3) is 0.273. The van der Waals surface area contributed by atoms with Gasteiger partial charge >= 0.3 is 0 Å². The van der Waals surface area contributed by atoms with Crippen molar-refractivity contribution in [3.8, 4) is 0 Å². The molecule has 86 valence electrons. The Hall–Kier alpha value is -1.36. The lowest BCUT2D eigenvalue weighted by atomic mass is 10.0. The van der Waals surface area contributed by atoms with Crippen molar-refractivity contribution in [2.45, 2.75) is 6.92 Å². The van der Waals surface area contributed by atoms with Crippen molar-refractivity contribution in [2.75, 3.05) is 14.2 Å². The number of aryl methyl sites for hydroxylation is 1. The van der Waals surface area contributed by atoms with Gasteiger partial charge in [-0.3, -0.25) is 4.79 Å². The second kappa shape index (κ2) is 5.65. The maximum atomic E-state index is 11.6. The van der Waals surface area contributed by atoms with E-state index in [0.29, 0.717) is 0 Å². The molecule has 4 nitrogen and oxygen atoms in total. The Balaban J connectivity index is 3.26. The lowest BCUT2D eigenvalue weighted by Crippen LogP contribution is -2.29. The van der Waals surface area contributed by atoms with Gasteiger partial charge in [-0.15, -0.1) is 0 Å². The standard InChI is InChI=1S/C11H13BrN2O2/c1-7-4-5-8(12)6-9(7)10(14-16-3)11(15)13-2/h4-6H,1-3H3,(H,13,15)/b14-10+. The van der Waals surface area contributed by atoms with Crippen LogP contribution >= 0.6 is 15.9 Å². The van der Waals surface area contributed by atoms with E-state index in [0.717, 1.165) is 15.6 Å². The van der Waals surface area contributed by atoms with Gasteiger partial charge in [0, 0.05) is 17.1 Å². The van der Waals surface area contributed by atoms with Gasteiger partial charge < -0.3 is 10.2 Å². The van der Waals surface area contributed by atoms with Gasteiger partial charge in [-0.1, -0.05) is 27.2 Å². The van der Waals surface area contributed by atoms with Gasteiger partial charge in [0.15, 0.2) is 5.71 Å². The molecule has 5 heteroatoms. The molecule has 1 amide bonds. The van der Waals surface area contributed by atoms with E-state index in [-0.39, 0.29) is 11.6 Å². The molecule has 0 aliphatic carbocycles. The molecule has 0 heterocycles. The van der Waals surface area contributed by atoms with E-state index in [1.165, 1.54) is 7.11 Å². The van der Waals surface area contributed by atoms with Crippen molar-refractivity contribution in [3.63, 3.8) is 0 Å². The van der Waals surface area contributed by atoms with Crippen LogP contribution in [0.3, 0.4) is 0 Å². The van der Waals surface area contributed by atoms with E-state index in [1.807, 2.05) is 25.1 Å². The Morgan fingerprint density at radius 3 is 2.75 bits per heavy atom. The molecule has 0 unspecified atom stereocenters. The molecule has 0 radical (unpaired) electrons. The topological polar surface area (TPSA) is 50.7 Å². The quantitative estimate of drug-likeness (QED) is 0.680. The molecule has 0 aliphatic rings. The third-order valence-corrected chi connectivity index (χ3v) is 2.57. The summed E-state index contributed by atoms with van der Waals surface area (Å²) in [6.07, 6.45) is 0. The first-order valence-corrected chi connectivity index (χ1v) is 5.49. The lowest BCUT2D eigenvalue weighted by molar-refractivity contribution is -0.114. The minimum atomic E-state index is -0.275. The highest BCUT2D eigenvalue weighted by Gasteiger charge is 2.15. The van der Waals surface area contributed by atoms with Crippen LogP contribution in [0.25, 0.3) is 0 Å². The molecule has 1 aromatic carbocycles. The maximum absolute atomic E-state index is 11.6. The number of benzene rings is 1. The largest absolute Gasteiger partial charge is 0.398 e. The number of halogens is 1. The first-order chi connectivity index (χ1) is 7.60. The number of hydrogen-bond acceptors (Lipinski definition) is 3. The second-order valence-electron chi connectivity index (χ2n) is 3.16. The number of nitrogens with zero attached hydrogens (tertiary/aromatic N) is 1. The van der Waals surface area contributed by atoms with Crippen molar-refractivity contribution in [2.24, 2.45) is 5.16 Å². The minimum Gasteiger partial charge on any atom is -0.398 e. The van der Waals surface area contributed by atoms with Gasteiger partial charge in [0.05, 0.1) is 0 Å². The van der Waals surface area contributed by atoms with Crippen molar-refractivity contribution in [3.05, 3.63) is 33.8 Å². The third kappa shape index (κ3) is 2.82. The molecular formula is C11H13BrN2O2. The van der Waals surface area contributed by atoms with Crippen LogP contribution in [-0.4, -0.2) is 25.8 Å². The zero-order valence-corrected chi connectivity index (χ0v) is 11.0. The summed E-state index contributed by atoms with van der Waals surface area (Å²) in [5.41, 5.74) is 1.97. The van der Waals surface area contributed by atoms with E-state index in [1.54, 1.807) is 7.05 Å². The van der Waals surface area contributed by atoms with E-state index in [2.05, 4.69) is 31.2 Å². The highest BCUT2D eigenvalue weighted by Crippen LogP contribution is 2.17. The zero-order chi connectivity index (χ0) is 12.1. The number of rotatable bonds is 3. The van der Waals surface area contributed by atoms with Crippen LogP contribution < -0.4 is 5.32 Å². The van der Waals surface area contributed by atoms with E-state index in [4.69, 9.17) is 0 Å². The van der Waals surface area contributed by atoms with Crippen LogP contribution in [0.5, 0.6) is 0 Å². The normalized spacial score (nSPS) is 11.1. The van der Waals surface area contributed by atoms with Gasteiger partial charge in [-0.25, -0.2) is 0 Å². The number of oxime groups is 1. The maximum Gasteiger partial charge on any atom is 0.273 e. The Kier molecular flexibility index (Phi) is 4.49. The van der Waals surface area contributed by atoms with Crippen molar-refractivity contribution in [1.29, 1.82) is 0 Å². The predicted molar refractivity (Wildman–Crippen MR) is 66.5 cm³/mol. The summed E-state index contributed by atoms with van der Waals surface area (Å²) in [4.78, 5) is 16.3. The molecule has 0 fully saturated rings. The average Bonchev–Trinajstić information content (AvgIpc) is 2.28.